The van der Waals surface area contributed by atoms with Crippen molar-refractivity contribution in [2.45, 2.75) is 51.9 Å². The molecule has 2 radical (unpaired) electrons. The summed E-state index contributed by atoms with van der Waals surface area (Å²) < 4.78 is 0. The van der Waals surface area contributed by atoms with Crippen molar-refractivity contribution < 1.29 is 23.3 Å². The monoisotopic (exact) mass is 640 g/mol. The van der Waals surface area contributed by atoms with Crippen molar-refractivity contribution in [3.63, 3.8) is 0 Å². The van der Waals surface area contributed by atoms with Crippen molar-refractivity contribution >= 4 is 28.4 Å². The van der Waals surface area contributed by atoms with Crippen LogP contribution in [0, 0.1) is 28.7 Å². The standard InChI is InChI=1S/C21H21.C17H15.2CH3.Si.Zr/c1-3-8-16(9-4-1)19-14-18-12-7-13-20(21(18)15-19)17-10-5-2-6-11-17;1-12-10-16-13(2)8-9-15(17(16)11-12)14-6-4-3-5-7-14;;;;/h2,5-7,10-16H,1,3-4,8-9H2;3-11H,1-2H3;2*1H3;;/q4*-1;;. The van der Waals surface area contributed by atoms with E-state index in [1.165, 1.54) is 110 Å². The molecule has 0 aromatic heterocycles. The second kappa shape index (κ2) is 16.2. The largest absolute Gasteiger partial charge is 0.164 e. The maximum absolute atomic E-state index is 3.06. The Morgan fingerprint density at radius 1 is 0.619 bits per heavy atom. The Labute approximate surface area is 271 Å². The van der Waals surface area contributed by atoms with E-state index in [4.69, 9.17) is 0 Å². The molecule has 6 aromatic carbocycles. The summed E-state index contributed by atoms with van der Waals surface area (Å²) in [6, 6.07) is 41.9. The molecule has 0 unspecified atom stereocenters. The van der Waals surface area contributed by atoms with Gasteiger partial charge in [-0.15, -0.1) is 68.6 Å². The van der Waals surface area contributed by atoms with Gasteiger partial charge in [0.25, 0.3) is 0 Å². The third kappa shape index (κ3) is 7.58. The van der Waals surface area contributed by atoms with Crippen molar-refractivity contribution in [3.05, 3.63) is 147 Å². The zero-order valence-electron chi connectivity index (χ0n) is 25.6. The van der Waals surface area contributed by atoms with Crippen molar-refractivity contribution in [2.75, 3.05) is 0 Å². The van der Waals surface area contributed by atoms with E-state index in [0.717, 1.165) is 5.92 Å². The molecule has 1 aliphatic carbocycles. The summed E-state index contributed by atoms with van der Waals surface area (Å²) in [7, 11) is 0. The van der Waals surface area contributed by atoms with Crippen LogP contribution in [0.15, 0.2) is 115 Å². The number of hydrogen-bond donors (Lipinski definition) is 0. The summed E-state index contributed by atoms with van der Waals surface area (Å²) in [5.74, 6) is 0.787. The summed E-state index contributed by atoms with van der Waals surface area (Å²) in [4.78, 5) is 0. The zero-order valence-corrected chi connectivity index (χ0v) is 29.0. The van der Waals surface area contributed by atoms with Crippen LogP contribution in [0.4, 0.5) is 0 Å². The molecule has 0 atom stereocenters. The number of rotatable bonds is 3. The molecule has 1 aliphatic rings. The average Bonchev–Trinajstić information content (AvgIpc) is 3.64. The van der Waals surface area contributed by atoms with E-state index in [0.29, 0.717) is 0 Å². The van der Waals surface area contributed by atoms with Crippen LogP contribution in [-0.4, -0.2) is 6.88 Å². The van der Waals surface area contributed by atoms with E-state index in [-0.39, 0.29) is 14.9 Å². The minimum atomic E-state index is 0. The Bertz CT molecular complexity index is 1670. The van der Waals surface area contributed by atoms with Gasteiger partial charge in [-0.05, 0) is 29.9 Å². The van der Waals surface area contributed by atoms with Gasteiger partial charge in [-0.2, -0.15) is 12.1 Å². The fourth-order valence-electron chi connectivity index (χ4n) is 6.26. The molecular formula is C40H42SiZr-4. The van der Waals surface area contributed by atoms with Crippen LogP contribution in [0.25, 0.3) is 43.8 Å². The second-order valence-corrected chi connectivity index (χ2v) is 11.0. The second-order valence-electron chi connectivity index (χ2n) is 11.0. The Hall–Kier alpha value is -2.80. The van der Waals surface area contributed by atoms with Gasteiger partial charge in [-0.1, -0.05) is 117 Å². The van der Waals surface area contributed by atoms with E-state index in [9.17, 15) is 0 Å². The van der Waals surface area contributed by atoms with Crippen LogP contribution in [0.2, 0.25) is 0 Å². The molecule has 214 valence electrons. The quantitative estimate of drug-likeness (QED) is 0.133. The van der Waals surface area contributed by atoms with Gasteiger partial charge in [0, 0.05) is 0 Å². The topological polar surface area (TPSA) is 0 Å². The third-order valence-electron chi connectivity index (χ3n) is 8.27. The van der Waals surface area contributed by atoms with Gasteiger partial charge in [-0.25, -0.2) is 0 Å². The van der Waals surface area contributed by atoms with Crippen LogP contribution < -0.4 is 0 Å². The molecular weight excluding hydrogens is 600 g/mol. The van der Waals surface area contributed by atoms with Crippen LogP contribution in [0.5, 0.6) is 0 Å². The number of fused-ring (bicyclic) bond motifs is 2. The first kappa shape index (κ1) is 33.7. The minimum absolute atomic E-state index is 0. The van der Waals surface area contributed by atoms with Gasteiger partial charge in [0.15, 0.2) is 0 Å². The maximum atomic E-state index is 3.06. The van der Waals surface area contributed by atoms with Gasteiger partial charge in [0.2, 0.25) is 0 Å². The first-order chi connectivity index (χ1) is 19.7. The summed E-state index contributed by atoms with van der Waals surface area (Å²) >= 11 is 1.36. The predicted octanol–water partition coefficient (Wildman–Crippen LogP) is 11.6. The Balaban J connectivity index is 0.000000212. The Morgan fingerprint density at radius 3 is 1.83 bits per heavy atom. The van der Waals surface area contributed by atoms with Crippen LogP contribution >= 0.6 is 0 Å². The van der Waals surface area contributed by atoms with Gasteiger partial charge in [0.05, 0.1) is 0 Å². The van der Waals surface area contributed by atoms with Crippen LogP contribution in [0.1, 0.15) is 54.7 Å². The number of hydrogen-bond acceptors (Lipinski definition) is 0. The summed E-state index contributed by atoms with van der Waals surface area (Å²) in [5, 5.41) is 5.57. The van der Waals surface area contributed by atoms with E-state index in [1.807, 2.05) is 0 Å². The zero-order chi connectivity index (χ0) is 27.9. The Kier molecular flexibility index (Phi) is 13.0. The molecule has 0 spiro atoms. The first-order valence-electron chi connectivity index (χ1n) is 14.4. The Morgan fingerprint density at radius 2 is 1.21 bits per heavy atom. The van der Waals surface area contributed by atoms with Crippen molar-refractivity contribution in [1.29, 1.82) is 0 Å². The fraction of sp³-hybridized carbons (Fsp3) is 0.200. The normalized spacial score (nSPS) is 12.7. The van der Waals surface area contributed by atoms with Gasteiger partial charge in [0.1, 0.15) is 0 Å². The molecule has 6 aromatic rings. The van der Waals surface area contributed by atoms with Gasteiger partial charge < -0.3 is 14.9 Å². The molecule has 0 amide bonds. The molecule has 0 nitrogen and oxygen atoms in total. The van der Waals surface area contributed by atoms with E-state index in [2.05, 4.69) is 136 Å². The van der Waals surface area contributed by atoms with Crippen molar-refractivity contribution in [1.82, 2.24) is 0 Å². The molecule has 0 heterocycles. The summed E-state index contributed by atoms with van der Waals surface area (Å²) in [6.45, 7) is 7.40. The SMILES string of the molecule is Cc1cc2c(-c3ccccc3)ccc(C)c2[cH-]1.[CH3-].[CH3-].[Si]=[Zr].c1ccc(-c2cccc3[cH-]c(C4CCCCC4)cc23)cc1. The van der Waals surface area contributed by atoms with Crippen LogP contribution in [0.3, 0.4) is 0 Å². The smallest absolute Gasteiger partial charge is 0.0279 e. The number of benzene rings is 4. The van der Waals surface area contributed by atoms with Crippen LogP contribution in [-0.2, 0) is 23.3 Å². The minimum Gasteiger partial charge on any atom is -0.164 e. The maximum Gasteiger partial charge on any atom is -0.0279 e. The molecule has 0 saturated heterocycles. The van der Waals surface area contributed by atoms with E-state index >= 15 is 0 Å². The van der Waals surface area contributed by atoms with Gasteiger partial charge in [-0.3, -0.25) is 0 Å². The molecule has 7 rings (SSSR count). The predicted molar refractivity (Wildman–Crippen MR) is 184 cm³/mol. The van der Waals surface area contributed by atoms with Crippen molar-refractivity contribution in [2.24, 2.45) is 0 Å². The molecule has 0 bridgehead atoms. The molecule has 0 aliphatic heterocycles. The molecule has 42 heavy (non-hydrogen) atoms. The fourth-order valence-corrected chi connectivity index (χ4v) is 6.26. The third-order valence-corrected chi connectivity index (χ3v) is 8.27. The first-order valence-corrected chi connectivity index (χ1v) is 18.6. The molecule has 0 N–H and O–H groups in total. The van der Waals surface area contributed by atoms with E-state index in [1.54, 1.807) is 5.56 Å². The summed E-state index contributed by atoms with van der Waals surface area (Å²) in [6.07, 6.45) is 6.97. The molecule has 1 fully saturated rings. The van der Waals surface area contributed by atoms with Gasteiger partial charge >= 0.3 is 30.2 Å². The average molecular weight is 642 g/mol. The van der Waals surface area contributed by atoms with Crippen molar-refractivity contribution in [3.8, 4) is 22.3 Å². The molecule has 2 heteroatoms. The number of aryl methyl sites for hydroxylation is 2. The summed E-state index contributed by atoms with van der Waals surface area (Å²) in [5.41, 5.74) is 9.58. The molecule has 1 saturated carbocycles. The van der Waals surface area contributed by atoms with E-state index < -0.39 is 0 Å².